The number of nitrogens with zero attached hydrogens (tertiary/aromatic N) is 1. The lowest BCUT2D eigenvalue weighted by atomic mass is 9.97. The van der Waals surface area contributed by atoms with Crippen molar-refractivity contribution in [2.75, 3.05) is 4.57 Å². The summed E-state index contributed by atoms with van der Waals surface area (Å²) in [6.07, 6.45) is 0. The van der Waals surface area contributed by atoms with Gasteiger partial charge in [-0.1, -0.05) is 45.1 Å². The number of benzene rings is 1. The van der Waals surface area contributed by atoms with Crippen molar-refractivity contribution in [3.8, 4) is 0 Å². The molecule has 0 N–H and O–H groups in total. The number of hydrogen-bond donors (Lipinski definition) is 0. The highest BCUT2D eigenvalue weighted by Crippen LogP contribution is 2.44. The maximum absolute atomic E-state index is 3.63. The Morgan fingerprint density at radius 2 is 1.80 bits per heavy atom. The molecule has 0 unspecified atom stereocenters. The molecule has 0 amide bonds. The zero-order chi connectivity index (χ0) is 11.1. The van der Waals surface area contributed by atoms with Crippen LogP contribution < -0.4 is 4.57 Å². The van der Waals surface area contributed by atoms with Crippen LogP contribution in [0.4, 0.5) is 5.69 Å². The van der Waals surface area contributed by atoms with E-state index < -0.39 is 8.24 Å². The Kier molecular flexibility index (Phi) is 2.42. The van der Waals surface area contributed by atoms with Gasteiger partial charge in [-0.05, 0) is 23.6 Å². The third-order valence-corrected chi connectivity index (χ3v) is 6.24. The maximum atomic E-state index is 3.63. The molecule has 2 heteroatoms. The van der Waals surface area contributed by atoms with E-state index >= 15 is 0 Å². The lowest BCUT2D eigenvalue weighted by Crippen LogP contribution is -2.41. The Hall–Kier alpha value is -0.763. The van der Waals surface area contributed by atoms with E-state index in [1.165, 1.54) is 11.7 Å². The number of anilines is 1. The van der Waals surface area contributed by atoms with Crippen LogP contribution in [-0.2, 0) is 0 Å². The van der Waals surface area contributed by atoms with Gasteiger partial charge in [0.25, 0.3) is 0 Å². The average molecular weight is 217 g/mol. The molecule has 1 aromatic rings. The quantitative estimate of drug-likeness (QED) is 0.647. The van der Waals surface area contributed by atoms with E-state index in [1.54, 1.807) is 0 Å². The van der Waals surface area contributed by atoms with Crippen molar-refractivity contribution in [3.05, 3.63) is 36.9 Å². The third kappa shape index (κ3) is 2.10. The fourth-order valence-corrected chi connectivity index (χ4v) is 6.50. The lowest BCUT2D eigenvalue weighted by Gasteiger charge is -2.31. The second-order valence-corrected chi connectivity index (χ2v) is 10.1. The number of hydrogen-bond acceptors (Lipinski definition) is 1. The van der Waals surface area contributed by atoms with Crippen LogP contribution in [0.3, 0.4) is 0 Å². The molecule has 0 atom stereocenters. The molecule has 2 rings (SSSR count). The molecule has 0 aliphatic carbocycles. The van der Waals surface area contributed by atoms with Crippen LogP contribution in [0.25, 0.3) is 0 Å². The molecule has 2 radical (unpaired) electrons. The molecule has 1 heterocycles. The first-order chi connectivity index (χ1) is 6.91. The van der Waals surface area contributed by atoms with Gasteiger partial charge in [0.05, 0.1) is 6.54 Å². The van der Waals surface area contributed by atoms with Gasteiger partial charge in [-0.3, -0.25) is 0 Å². The molecule has 0 saturated carbocycles. The summed E-state index contributed by atoms with van der Waals surface area (Å²) in [4.78, 5) is 0. The first-order valence-corrected chi connectivity index (χ1v) is 8.69. The van der Waals surface area contributed by atoms with Gasteiger partial charge in [0.15, 0.2) is 8.24 Å². The van der Waals surface area contributed by atoms with Gasteiger partial charge in [0, 0.05) is 5.69 Å². The van der Waals surface area contributed by atoms with Crippen LogP contribution in [0, 0.1) is 12.0 Å². The average Bonchev–Trinajstić information content (AvgIpc) is 2.36. The van der Waals surface area contributed by atoms with Crippen LogP contribution in [0.1, 0.15) is 13.8 Å². The van der Waals surface area contributed by atoms with E-state index in [1.807, 2.05) is 0 Å². The van der Waals surface area contributed by atoms with Gasteiger partial charge >= 0.3 is 0 Å². The Labute approximate surface area is 94.2 Å². The zero-order valence-corrected chi connectivity index (χ0v) is 11.0. The van der Waals surface area contributed by atoms with Gasteiger partial charge in [0.2, 0.25) is 0 Å². The molecule has 1 aliphatic heterocycles. The van der Waals surface area contributed by atoms with Crippen LogP contribution in [0.2, 0.25) is 19.1 Å². The van der Waals surface area contributed by atoms with Crippen molar-refractivity contribution in [2.45, 2.75) is 33.0 Å². The van der Waals surface area contributed by atoms with E-state index in [9.17, 15) is 0 Å². The molecular formula is C13H19NSi. The Balaban J connectivity index is 2.31. The SMILES string of the molecule is CC1(C)[C]N(c2ccccc2)[Si](C)(C)C1. The molecule has 1 saturated heterocycles. The van der Waals surface area contributed by atoms with E-state index in [0.717, 1.165) is 0 Å². The zero-order valence-electron chi connectivity index (χ0n) is 10.0. The summed E-state index contributed by atoms with van der Waals surface area (Å²) in [5, 5.41) is 0. The predicted molar refractivity (Wildman–Crippen MR) is 68.2 cm³/mol. The molecule has 0 aromatic heterocycles. The van der Waals surface area contributed by atoms with Gasteiger partial charge in [-0.25, -0.2) is 0 Å². The highest BCUT2D eigenvalue weighted by molar-refractivity contribution is 6.82. The topological polar surface area (TPSA) is 3.24 Å². The minimum atomic E-state index is -1.32. The molecule has 1 nitrogen and oxygen atoms in total. The second kappa shape index (κ2) is 3.37. The highest BCUT2D eigenvalue weighted by atomic mass is 28.3. The Bertz CT molecular complexity index is 343. The monoisotopic (exact) mass is 217 g/mol. The van der Waals surface area contributed by atoms with Crippen LogP contribution in [0.15, 0.2) is 30.3 Å². The molecule has 0 bridgehead atoms. The van der Waals surface area contributed by atoms with Crippen molar-refractivity contribution in [3.63, 3.8) is 0 Å². The van der Waals surface area contributed by atoms with Crippen LogP contribution in [-0.4, -0.2) is 8.24 Å². The summed E-state index contributed by atoms with van der Waals surface area (Å²) in [6, 6.07) is 11.9. The van der Waals surface area contributed by atoms with Crippen molar-refractivity contribution < 1.29 is 0 Å². The van der Waals surface area contributed by atoms with E-state index in [-0.39, 0.29) is 5.41 Å². The lowest BCUT2D eigenvalue weighted by molar-refractivity contribution is 0.509. The van der Waals surface area contributed by atoms with Gasteiger partial charge in [-0.15, -0.1) is 0 Å². The maximum Gasteiger partial charge on any atom is 0.152 e. The summed E-state index contributed by atoms with van der Waals surface area (Å²) in [5.41, 5.74) is 1.55. The minimum absolute atomic E-state index is 0.242. The van der Waals surface area contributed by atoms with E-state index in [4.69, 9.17) is 0 Å². The smallest absolute Gasteiger partial charge is 0.152 e. The predicted octanol–water partition coefficient (Wildman–Crippen LogP) is 3.78. The molecule has 1 fully saturated rings. The van der Waals surface area contributed by atoms with E-state index in [0.29, 0.717) is 0 Å². The van der Waals surface area contributed by atoms with Gasteiger partial charge in [0.1, 0.15) is 0 Å². The van der Waals surface area contributed by atoms with Gasteiger partial charge < -0.3 is 4.57 Å². The summed E-state index contributed by atoms with van der Waals surface area (Å²) in [7, 11) is -1.32. The molecule has 1 aliphatic rings. The second-order valence-electron chi connectivity index (χ2n) is 5.66. The molecule has 0 spiro atoms. The van der Waals surface area contributed by atoms with Gasteiger partial charge in [-0.2, -0.15) is 0 Å². The first-order valence-electron chi connectivity index (χ1n) is 5.54. The highest BCUT2D eigenvalue weighted by Gasteiger charge is 2.45. The van der Waals surface area contributed by atoms with Crippen molar-refractivity contribution in [1.82, 2.24) is 0 Å². The first kappa shape index (κ1) is 10.7. The minimum Gasteiger partial charge on any atom is -0.388 e. The molecule has 80 valence electrons. The van der Waals surface area contributed by atoms with E-state index in [2.05, 4.69) is 68.4 Å². The molecule has 1 aromatic carbocycles. The van der Waals surface area contributed by atoms with Crippen LogP contribution >= 0.6 is 0 Å². The summed E-state index contributed by atoms with van der Waals surface area (Å²) in [6.45, 7) is 13.0. The van der Waals surface area contributed by atoms with Crippen molar-refractivity contribution in [2.24, 2.45) is 5.41 Å². The standard InChI is InChI=1S/C13H19NSi/c1-13(2)10-14(15(3,4)11-13)12-8-6-5-7-9-12/h5-9H,11H2,1-4H3. The largest absolute Gasteiger partial charge is 0.388 e. The normalized spacial score (nSPS) is 23.1. The van der Waals surface area contributed by atoms with Crippen LogP contribution in [0.5, 0.6) is 0 Å². The fourth-order valence-electron chi connectivity index (χ4n) is 2.65. The van der Waals surface area contributed by atoms with Crippen molar-refractivity contribution >= 4 is 13.9 Å². The summed E-state index contributed by atoms with van der Waals surface area (Å²) < 4.78 is 2.42. The summed E-state index contributed by atoms with van der Waals surface area (Å²) in [5.74, 6) is 0. The Morgan fingerprint density at radius 1 is 1.20 bits per heavy atom. The molecular weight excluding hydrogens is 198 g/mol. The number of para-hydroxylation sites is 1. The Morgan fingerprint density at radius 3 is 2.27 bits per heavy atom. The number of rotatable bonds is 1. The van der Waals surface area contributed by atoms with Crippen molar-refractivity contribution in [1.29, 1.82) is 0 Å². The fraction of sp³-hybridized carbons (Fsp3) is 0.462. The summed E-state index contributed by atoms with van der Waals surface area (Å²) >= 11 is 0. The molecule has 15 heavy (non-hydrogen) atoms. The third-order valence-electron chi connectivity index (χ3n) is 2.91.